The first-order valence-corrected chi connectivity index (χ1v) is 5.07. The van der Waals surface area contributed by atoms with Crippen LogP contribution in [0.1, 0.15) is 23.6 Å². The van der Waals surface area contributed by atoms with Gasteiger partial charge in [-0.25, -0.2) is 0 Å². The van der Waals surface area contributed by atoms with Crippen molar-refractivity contribution in [3.63, 3.8) is 0 Å². The molecule has 2 heteroatoms. The van der Waals surface area contributed by atoms with Gasteiger partial charge in [-0.3, -0.25) is 0 Å². The van der Waals surface area contributed by atoms with Crippen molar-refractivity contribution in [1.29, 1.82) is 0 Å². The monoisotopic (exact) mass is 239 g/mol. The van der Waals surface area contributed by atoms with Gasteiger partial charge < -0.3 is 5.73 Å². The fraction of sp³-hybridized carbons (Fsp3) is 0.273. The molecule has 70 valence electrons. The van der Waals surface area contributed by atoms with E-state index in [4.69, 9.17) is 5.73 Å². The van der Waals surface area contributed by atoms with Gasteiger partial charge in [0.15, 0.2) is 0 Å². The summed E-state index contributed by atoms with van der Waals surface area (Å²) in [5.74, 6) is 0. The predicted octanol–water partition coefficient (Wildman–Crippen LogP) is 3.33. The molecule has 1 nitrogen and oxygen atoms in total. The zero-order valence-electron chi connectivity index (χ0n) is 7.76. The van der Waals surface area contributed by atoms with Crippen LogP contribution in [0.15, 0.2) is 35.3 Å². The van der Waals surface area contributed by atoms with Crippen LogP contribution in [0.5, 0.6) is 0 Å². The van der Waals surface area contributed by atoms with Crippen LogP contribution < -0.4 is 5.73 Å². The zero-order valence-corrected chi connectivity index (χ0v) is 9.34. The summed E-state index contributed by atoms with van der Waals surface area (Å²) in [4.78, 5) is 0. The Balaban J connectivity index is 2.89. The Morgan fingerprint density at radius 3 is 2.85 bits per heavy atom. The van der Waals surface area contributed by atoms with Crippen LogP contribution >= 0.6 is 15.9 Å². The molecule has 1 unspecified atom stereocenters. The third-order valence-electron chi connectivity index (χ3n) is 2.04. The maximum Gasteiger partial charge on any atom is 0.0330 e. The van der Waals surface area contributed by atoms with Crippen LogP contribution in [-0.4, -0.2) is 0 Å². The second kappa shape index (κ2) is 4.58. The number of aryl methyl sites for hydroxylation is 1. The van der Waals surface area contributed by atoms with E-state index in [1.165, 1.54) is 5.56 Å². The Hall–Kier alpha value is -0.600. The molecule has 0 radical (unpaired) electrons. The van der Waals surface area contributed by atoms with Crippen molar-refractivity contribution in [3.8, 4) is 0 Å². The molecule has 0 amide bonds. The van der Waals surface area contributed by atoms with E-state index < -0.39 is 0 Å². The van der Waals surface area contributed by atoms with Gasteiger partial charge in [-0.2, -0.15) is 0 Å². The van der Waals surface area contributed by atoms with Crippen molar-refractivity contribution in [1.82, 2.24) is 0 Å². The molecule has 0 heterocycles. The molecule has 0 bridgehead atoms. The van der Waals surface area contributed by atoms with E-state index in [1.807, 2.05) is 6.08 Å². The average molecular weight is 240 g/mol. The van der Waals surface area contributed by atoms with Gasteiger partial charge >= 0.3 is 0 Å². The largest absolute Gasteiger partial charge is 0.324 e. The van der Waals surface area contributed by atoms with Crippen LogP contribution in [0.3, 0.4) is 0 Å². The lowest BCUT2D eigenvalue weighted by Gasteiger charge is -2.10. The van der Waals surface area contributed by atoms with E-state index in [-0.39, 0.29) is 6.04 Å². The summed E-state index contributed by atoms with van der Waals surface area (Å²) >= 11 is 3.48. The summed E-state index contributed by atoms with van der Waals surface area (Å²) in [6.07, 6.45) is 2.66. The highest BCUT2D eigenvalue weighted by Gasteiger charge is 2.04. The van der Waals surface area contributed by atoms with Crippen LogP contribution in [0, 0.1) is 6.92 Å². The van der Waals surface area contributed by atoms with E-state index >= 15 is 0 Å². The Kier molecular flexibility index (Phi) is 3.70. The standard InChI is InChI=1S/C11H14BrN/c1-3-4-11(13)9-6-5-8(2)10(12)7-9/h3,5-7,11H,1,4,13H2,2H3. The van der Waals surface area contributed by atoms with Crippen molar-refractivity contribution >= 4 is 15.9 Å². The maximum atomic E-state index is 5.93. The topological polar surface area (TPSA) is 26.0 Å². The highest BCUT2D eigenvalue weighted by Crippen LogP contribution is 2.22. The summed E-state index contributed by atoms with van der Waals surface area (Å²) in [6, 6.07) is 6.27. The maximum absolute atomic E-state index is 5.93. The van der Waals surface area contributed by atoms with Crippen molar-refractivity contribution in [2.45, 2.75) is 19.4 Å². The van der Waals surface area contributed by atoms with Gasteiger partial charge in [0.05, 0.1) is 0 Å². The minimum Gasteiger partial charge on any atom is -0.324 e. The number of nitrogens with two attached hydrogens (primary N) is 1. The first-order valence-electron chi connectivity index (χ1n) is 4.27. The number of halogens is 1. The Labute approximate surface area is 87.8 Å². The van der Waals surface area contributed by atoms with Gasteiger partial charge in [0.2, 0.25) is 0 Å². The number of hydrogen-bond acceptors (Lipinski definition) is 1. The Morgan fingerprint density at radius 2 is 2.31 bits per heavy atom. The van der Waals surface area contributed by atoms with Crippen molar-refractivity contribution < 1.29 is 0 Å². The van der Waals surface area contributed by atoms with Crippen LogP contribution in [0.4, 0.5) is 0 Å². The molecule has 1 aromatic rings. The first kappa shape index (κ1) is 10.5. The second-order valence-electron chi connectivity index (χ2n) is 3.14. The Bertz CT molecular complexity index is 307. The molecule has 0 saturated heterocycles. The van der Waals surface area contributed by atoms with Gasteiger partial charge in [-0.1, -0.05) is 34.1 Å². The van der Waals surface area contributed by atoms with Crippen LogP contribution in [0.25, 0.3) is 0 Å². The van der Waals surface area contributed by atoms with Gasteiger partial charge in [0.25, 0.3) is 0 Å². The highest BCUT2D eigenvalue weighted by atomic mass is 79.9. The molecule has 2 N–H and O–H groups in total. The minimum absolute atomic E-state index is 0.0643. The molecule has 1 aromatic carbocycles. The van der Waals surface area contributed by atoms with E-state index in [0.29, 0.717) is 0 Å². The predicted molar refractivity (Wildman–Crippen MR) is 60.6 cm³/mol. The average Bonchev–Trinajstić information content (AvgIpc) is 2.10. The smallest absolute Gasteiger partial charge is 0.0330 e. The zero-order chi connectivity index (χ0) is 9.84. The lowest BCUT2D eigenvalue weighted by Crippen LogP contribution is -2.08. The quantitative estimate of drug-likeness (QED) is 0.805. The molecule has 1 atom stereocenters. The summed E-state index contributed by atoms with van der Waals surface area (Å²) in [5.41, 5.74) is 8.31. The summed E-state index contributed by atoms with van der Waals surface area (Å²) in [6.45, 7) is 5.74. The summed E-state index contributed by atoms with van der Waals surface area (Å²) in [7, 11) is 0. The lowest BCUT2D eigenvalue weighted by molar-refractivity contribution is 0.741. The van der Waals surface area contributed by atoms with Crippen LogP contribution in [-0.2, 0) is 0 Å². The van der Waals surface area contributed by atoms with Gasteiger partial charge in [-0.15, -0.1) is 6.58 Å². The highest BCUT2D eigenvalue weighted by molar-refractivity contribution is 9.10. The third kappa shape index (κ3) is 2.68. The molecule has 1 rings (SSSR count). The number of hydrogen-bond donors (Lipinski definition) is 1. The second-order valence-corrected chi connectivity index (χ2v) is 3.99. The van der Waals surface area contributed by atoms with Crippen LogP contribution in [0.2, 0.25) is 0 Å². The van der Waals surface area contributed by atoms with E-state index in [2.05, 4.69) is 47.6 Å². The SMILES string of the molecule is C=CCC(N)c1ccc(C)c(Br)c1. The van der Waals surface area contributed by atoms with Crippen molar-refractivity contribution in [2.75, 3.05) is 0 Å². The number of rotatable bonds is 3. The molecule has 0 fully saturated rings. The lowest BCUT2D eigenvalue weighted by atomic mass is 10.0. The first-order chi connectivity index (χ1) is 6.15. The third-order valence-corrected chi connectivity index (χ3v) is 2.90. The molecule has 0 saturated carbocycles. The molecule has 0 aliphatic carbocycles. The minimum atomic E-state index is 0.0643. The fourth-order valence-corrected chi connectivity index (χ4v) is 1.55. The molecular weight excluding hydrogens is 226 g/mol. The molecular formula is C11H14BrN. The fourth-order valence-electron chi connectivity index (χ4n) is 1.16. The van der Waals surface area contributed by atoms with E-state index in [1.54, 1.807) is 0 Å². The number of benzene rings is 1. The summed E-state index contributed by atoms with van der Waals surface area (Å²) < 4.78 is 1.12. The molecule has 0 aliphatic heterocycles. The van der Waals surface area contributed by atoms with E-state index in [9.17, 15) is 0 Å². The van der Waals surface area contributed by atoms with Gasteiger partial charge in [-0.05, 0) is 30.5 Å². The summed E-state index contributed by atoms with van der Waals surface area (Å²) in [5, 5.41) is 0. The van der Waals surface area contributed by atoms with Crippen molar-refractivity contribution in [3.05, 3.63) is 46.5 Å². The molecule has 0 aliphatic rings. The molecule has 0 spiro atoms. The van der Waals surface area contributed by atoms with E-state index in [0.717, 1.165) is 16.5 Å². The van der Waals surface area contributed by atoms with Gasteiger partial charge in [0.1, 0.15) is 0 Å². The molecule has 0 aromatic heterocycles. The van der Waals surface area contributed by atoms with Crippen molar-refractivity contribution in [2.24, 2.45) is 5.73 Å². The Morgan fingerprint density at radius 1 is 1.62 bits per heavy atom. The van der Waals surface area contributed by atoms with Gasteiger partial charge in [0, 0.05) is 10.5 Å². The molecule has 13 heavy (non-hydrogen) atoms. The normalized spacial score (nSPS) is 12.5.